The van der Waals surface area contributed by atoms with E-state index < -0.39 is 42.0 Å². The third-order valence-corrected chi connectivity index (χ3v) is 6.85. The van der Waals surface area contributed by atoms with Crippen molar-refractivity contribution in [1.29, 1.82) is 0 Å². The van der Waals surface area contributed by atoms with Crippen LogP contribution in [0.2, 0.25) is 0 Å². The fraction of sp³-hybridized carbons (Fsp3) is 0.625. The maximum Gasteiger partial charge on any atom is 0.257 e. The number of piperidine rings is 1. The molecule has 0 unspecified atom stereocenters. The molecule has 172 valence electrons. The number of hydrogen-bond acceptors (Lipinski definition) is 3. The minimum absolute atomic E-state index is 0.0349. The van der Waals surface area contributed by atoms with Gasteiger partial charge in [-0.05, 0) is 38.2 Å². The molecule has 1 aliphatic carbocycles. The highest BCUT2D eigenvalue weighted by Gasteiger charge is 2.54. The SMILES string of the molecule is C/C=C/CCN1CCC(CF)(NC(=O)[C@](O)(c2ccccc2)[C@@H]2CCC(F)(F)C2)CC1. The summed E-state index contributed by atoms with van der Waals surface area (Å²) in [4.78, 5) is 15.6. The molecule has 2 aliphatic rings. The van der Waals surface area contributed by atoms with Crippen LogP contribution >= 0.6 is 0 Å². The normalized spacial score (nSPS) is 25.4. The molecule has 7 heteroatoms. The molecule has 0 radical (unpaired) electrons. The van der Waals surface area contributed by atoms with Crippen LogP contribution < -0.4 is 5.32 Å². The van der Waals surface area contributed by atoms with E-state index in [-0.39, 0.29) is 18.4 Å². The fourth-order valence-corrected chi connectivity index (χ4v) is 4.81. The van der Waals surface area contributed by atoms with E-state index in [2.05, 4.69) is 16.3 Å². The van der Waals surface area contributed by atoms with E-state index in [0.29, 0.717) is 25.9 Å². The van der Waals surface area contributed by atoms with Gasteiger partial charge in [-0.3, -0.25) is 4.79 Å². The molecule has 2 N–H and O–H groups in total. The Morgan fingerprint density at radius 2 is 1.94 bits per heavy atom. The number of nitrogens with one attached hydrogen (secondary N) is 1. The topological polar surface area (TPSA) is 52.6 Å². The maximum atomic E-state index is 14.2. The summed E-state index contributed by atoms with van der Waals surface area (Å²) in [6.07, 6.45) is 4.92. The second-order valence-electron chi connectivity index (χ2n) is 9.00. The van der Waals surface area contributed by atoms with Gasteiger partial charge in [0.25, 0.3) is 5.91 Å². The molecule has 1 heterocycles. The first-order valence-corrected chi connectivity index (χ1v) is 11.1. The monoisotopic (exact) mass is 438 g/mol. The van der Waals surface area contributed by atoms with Crippen molar-refractivity contribution >= 4 is 5.91 Å². The van der Waals surface area contributed by atoms with Crippen molar-refractivity contribution in [3.8, 4) is 0 Å². The average Bonchev–Trinajstić information content (AvgIpc) is 3.15. The van der Waals surface area contributed by atoms with Gasteiger partial charge in [-0.15, -0.1) is 0 Å². The third kappa shape index (κ3) is 5.32. The van der Waals surface area contributed by atoms with Crippen molar-refractivity contribution in [2.45, 2.75) is 62.5 Å². The molecule has 0 aromatic heterocycles. The van der Waals surface area contributed by atoms with Gasteiger partial charge in [0.1, 0.15) is 6.67 Å². The molecule has 2 fully saturated rings. The van der Waals surface area contributed by atoms with E-state index in [1.54, 1.807) is 30.3 Å². The number of likely N-dealkylation sites (tertiary alicyclic amines) is 1. The number of hydrogen-bond donors (Lipinski definition) is 2. The second-order valence-corrected chi connectivity index (χ2v) is 9.00. The summed E-state index contributed by atoms with van der Waals surface area (Å²) in [5.74, 6) is -4.62. The van der Waals surface area contributed by atoms with E-state index in [4.69, 9.17) is 0 Å². The molecular weight excluding hydrogens is 405 g/mol. The maximum absolute atomic E-state index is 14.2. The van der Waals surface area contributed by atoms with E-state index in [0.717, 1.165) is 13.0 Å². The van der Waals surface area contributed by atoms with Crippen LogP contribution in [0.15, 0.2) is 42.5 Å². The van der Waals surface area contributed by atoms with Crippen molar-refractivity contribution in [2.24, 2.45) is 5.92 Å². The zero-order valence-electron chi connectivity index (χ0n) is 18.1. The van der Waals surface area contributed by atoms with Crippen LogP contribution in [0.4, 0.5) is 13.2 Å². The number of carbonyl (C=O) groups is 1. The van der Waals surface area contributed by atoms with Crippen molar-refractivity contribution in [1.82, 2.24) is 10.2 Å². The number of amides is 1. The highest BCUT2D eigenvalue weighted by atomic mass is 19.3. The number of allylic oxidation sites excluding steroid dienone is 1. The molecule has 3 rings (SSSR count). The third-order valence-electron chi connectivity index (χ3n) is 6.85. The summed E-state index contributed by atoms with van der Waals surface area (Å²) in [6, 6.07) is 8.20. The van der Waals surface area contributed by atoms with Crippen LogP contribution in [0.1, 0.15) is 51.0 Å². The Morgan fingerprint density at radius 3 is 2.48 bits per heavy atom. The summed E-state index contributed by atoms with van der Waals surface area (Å²) in [7, 11) is 0. The Kier molecular flexibility index (Phi) is 7.47. The van der Waals surface area contributed by atoms with Gasteiger partial charge >= 0.3 is 0 Å². The molecule has 1 aromatic carbocycles. The highest BCUT2D eigenvalue weighted by molar-refractivity contribution is 5.87. The van der Waals surface area contributed by atoms with Crippen molar-refractivity contribution in [3.05, 3.63) is 48.0 Å². The zero-order chi connectivity index (χ0) is 22.5. The molecule has 1 aliphatic heterocycles. The molecule has 1 saturated heterocycles. The molecule has 1 aromatic rings. The molecular formula is C24H33F3N2O2. The lowest BCUT2D eigenvalue weighted by Gasteiger charge is -2.43. The summed E-state index contributed by atoms with van der Waals surface area (Å²) in [5.41, 5.74) is -2.93. The summed E-state index contributed by atoms with van der Waals surface area (Å²) < 4.78 is 42.1. The Bertz CT molecular complexity index is 763. The highest BCUT2D eigenvalue weighted by Crippen LogP contribution is 2.47. The number of halogens is 3. The Morgan fingerprint density at radius 1 is 1.26 bits per heavy atom. The molecule has 4 nitrogen and oxygen atoms in total. The van der Waals surface area contributed by atoms with E-state index in [1.165, 1.54) is 0 Å². The minimum Gasteiger partial charge on any atom is -0.375 e. The van der Waals surface area contributed by atoms with Crippen molar-refractivity contribution in [3.63, 3.8) is 0 Å². The lowest BCUT2D eigenvalue weighted by atomic mass is 9.78. The van der Waals surface area contributed by atoms with E-state index in [1.807, 2.05) is 13.0 Å². The lowest BCUT2D eigenvalue weighted by Crippen LogP contribution is -2.61. The minimum atomic E-state index is -2.91. The number of rotatable bonds is 8. The molecule has 31 heavy (non-hydrogen) atoms. The molecule has 2 atom stereocenters. The van der Waals surface area contributed by atoms with Gasteiger partial charge in [0.2, 0.25) is 5.92 Å². The van der Waals surface area contributed by atoms with Gasteiger partial charge in [0, 0.05) is 38.4 Å². The first kappa shape index (κ1) is 23.8. The van der Waals surface area contributed by atoms with Gasteiger partial charge in [-0.1, -0.05) is 42.5 Å². The van der Waals surface area contributed by atoms with Crippen LogP contribution in [0.25, 0.3) is 0 Å². The van der Waals surface area contributed by atoms with Crippen LogP contribution in [0.5, 0.6) is 0 Å². The smallest absolute Gasteiger partial charge is 0.257 e. The predicted octanol–water partition coefficient (Wildman–Crippen LogP) is 4.20. The number of carbonyl (C=O) groups excluding carboxylic acids is 1. The van der Waals surface area contributed by atoms with Crippen molar-refractivity contribution < 1.29 is 23.1 Å². The van der Waals surface area contributed by atoms with Crippen LogP contribution in [0, 0.1) is 5.92 Å². The van der Waals surface area contributed by atoms with E-state index in [9.17, 15) is 23.1 Å². The van der Waals surface area contributed by atoms with Gasteiger partial charge in [0.05, 0.1) is 5.54 Å². The molecule has 0 bridgehead atoms. The standard InChI is InChI=1S/C24H33F3N2O2/c1-2-3-7-14-29-15-12-22(18-25,13-16-29)28-21(30)24(31,19-8-5-4-6-9-19)20-10-11-23(26,27)17-20/h2-6,8-9,20,31H,7,10-18H2,1H3,(H,28,30)/b3-2+/t20-,24+/m1/s1. The number of nitrogens with zero attached hydrogens (tertiary/aromatic N) is 1. The molecule has 1 amide bonds. The summed E-state index contributed by atoms with van der Waals surface area (Å²) >= 11 is 0. The van der Waals surface area contributed by atoms with Gasteiger partial charge in [-0.25, -0.2) is 13.2 Å². The zero-order valence-corrected chi connectivity index (χ0v) is 18.1. The van der Waals surface area contributed by atoms with Crippen LogP contribution in [-0.4, -0.2) is 53.7 Å². The first-order valence-electron chi connectivity index (χ1n) is 11.1. The quantitative estimate of drug-likeness (QED) is 0.599. The Labute approximate surface area is 182 Å². The summed E-state index contributed by atoms with van der Waals surface area (Å²) in [5, 5.41) is 14.3. The lowest BCUT2D eigenvalue weighted by molar-refractivity contribution is -0.151. The van der Waals surface area contributed by atoms with Gasteiger partial charge in [-0.2, -0.15) is 0 Å². The Balaban J connectivity index is 1.77. The van der Waals surface area contributed by atoms with Gasteiger partial charge in [0.15, 0.2) is 5.60 Å². The predicted molar refractivity (Wildman–Crippen MR) is 115 cm³/mol. The summed E-state index contributed by atoms with van der Waals surface area (Å²) in [6.45, 7) is 3.34. The average molecular weight is 439 g/mol. The number of alkyl halides is 3. The molecule has 0 spiro atoms. The first-order chi connectivity index (χ1) is 14.7. The molecule has 1 saturated carbocycles. The fourth-order valence-electron chi connectivity index (χ4n) is 4.81. The Hall–Kier alpha value is -1.86. The van der Waals surface area contributed by atoms with Gasteiger partial charge < -0.3 is 15.3 Å². The van der Waals surface area contributed by atoms with Crippen LogP contribution in [0.3, 0.4) is 0 Å². The van der Waals surface area contributed by atoms with Crippen LogP contribution in [-0.2, 0) is 10.4 Å². The number of benzene rings is 1. The second kappa shape index (κ2) is 9.74. The van der Waals surface area contributed by atoms with E-state index >= 15 is 0 Å². The largest absolute Gasteiger partial charge is 0.375 e. The van der Waals surface area contributed by atoms with Crippen molar-refractivity contribution in [2.75, 3.05) is 26.3 Å². The number of aliphatic hydroxyl groups is 1.